The summed E-state index contributed by atoms with van der Waals surface area (Å²) in [5.41, 5.74) is 3.28. The molecule has 0 fully saturated rings. The fourth-order valence-electron chi connectivity index (χ4n) is 1.78. The Balaban J connectivity index is 1.84. The molecule has 0 saturated heterocycles. The second-order valence-electron chi connectivity index (χ2n) is 4.38. The number of benzene rings is 1. The molecule has 4 heteroatoms. The topological polar surface area (TPSA) is 42.0 Å². The van der Waals surface area contributed by atoms with Crippen LogP contribution >= 0.6 is 0 Å². The zero-order valence-electron chi connectivity index (χ0n) is 11.0. The number of nitrogens with one attached hydrogen (secondary N) is 1. The minimum Gasteiger partial charge on any atom is -0.385 e. The predicted octanol–water partition coefficient (Wildman–Crippen LogP) is 2.84. The molecule has 1 heterocycles. The lowest BCUT2D eigenvalue weighted by Gasteiger charge is -2.09. The summed E-state index contributed by atoms with van der Waals surface area (Å²) in [5, 5.41) is 3.17. The average Bonchev–Trinajstić information content (AvgIpc) is 2.48. The van der Waals surface area contributed by atoms with Crippen LogP contribution in [0.5, 0.6) is 0 Å². The molecule has 1 N–H and O–H groups in total. The Kier molecular flexibility index (Phi) is 4.60. The Hall–Kier alpha value is -2.49. The van der Waals surface area contributed by atoms with Gasteiger partial charge in [0.15, 0.2) is 0 Å². The van der Waals surface area contributed by atoms with E-state index >= 15 is 0 Å². The van der Waals surface area contributed by atoms with Crippen LogP contribution in [0.3, 0.4) is 0 Å². The van der Waals surface area contributed by atoms with Crippen molar-refractivity contribution in [3.8, 4) is 0 Å². The van der Waals surface area contributed by atoms with Crippen molar-refractivity contribution < 1.29 is 9.18 Å². The van der Waals surface area contributed by atoms with Crippen LogP contribution in [-0.4, -0.2) is 17.8 Å². The molecule has 20 heavy (non-hydrogen) atoms. The summed E-state index contributed by atoms with van der Waals surface area (Å²) in [7, 11) is 0. The fourth-order valence-corrected chi connectivity index (χ4v) is 1.78. The minimum absolute atomic E-state index is 0.503. The number of nitrogens with zero attached hydrogens (tertiary/aromatic N) is 1. The van der Waals surface area contributed by atoms with E-state index in [0.29, 0.717) is 17.8 Å². The number of pyridine rings is 1. The van der Waals surface area contributed by atoms with Gasteiger partial charge in [-0.2, -0.15) is 4.39 Å². The standard InChI is InChI=1S/C16H15FN2O/c1-12(15-6-7-16(17)19-10-15)18-9-8-13-2-4-14(11-20)5-3-13/h2-7,10-11,18H,1,8-9H2. The lowest BCUT2D eigenvalue weighted by Crippen LogP contribution is -2.15. The number of aldehydes is 1. The van der Waals surface area contributed by atoms with E-state index in [4.69, 9.17) is 0 Å². The van der Waals surface area contributed by atoms with Crippen molar-refractivity contribution in [3.63, 3.8) is 0 Å². The molecule has 0 aliphatic carbocycles. The van der Waals surface area contributed by atoms with Gasteiger partial charge in [-0.25, -0.2) is 4.98 Å². The molecule has 1 aromatic heterocycles. The number of halogens is 1. The first kappa shape index (κ1) is 13.9. The third kappa shape index (κ3) is 3.75. The fraction of sp³-hybridized carbons (Fsp3) is 0.125. The highest BCUT2D eigenvalue weighted by atomic mass is 19.1. The molecule has 0 saturated carbocycles. The normalized spacial score (nSPS) is 10.1. The quantitative estimate of drug-likeness (QED) is 0.648. The highest BCUT2D eigenvalue weighted by Gasteiger charge is 2.00. The van der Waals surface area contributed by atoms with Crippen molar-refractivity contribution in [3.05, 3.63) is 71.8 Å². The molecule has 3 nitrogen and oxygen atoms in total. The van der Waals surface area contributed by atoms with Crippen molar-refractivity contribution in [2.24, 2.45) is 0 Å². The molecule has 0 amide bonds. The number of carbonyl (C=O) groups is 1. The van der Waals surface area contributed by atoms with Gasteiger partial charge in [-0.1, -0.05) is 30.8 Å². The summed E-state index contributed by atoms with van der Waals surface area (Å²) in [5.74, 6) is -0.503. The number of hydrogen-bond donors (Lipinski definition) is 1. The lowest BCUT2D eigenvalue weighted by molar-refractivity contribution is 0.112. The second kappa shape index (κ2) is 6.61. The Morgan fingerprint density at radius 3 is 2.60 bits per heavy atom. The van der Waals surface area contributed by atoms with Crippen molar-refractivity contribution in [2.75, 3.05) is 6.54 Å². The summed E-state index contributed by atoms with van der Waals surface area (Å²) < 4.78 is 12.7. The molecule has 2 aromatic rings. The lowest BCUT2D eigenvalue weighted by atomic mass is 10.1. The van der Waals surface area contributed by atoms with Crippen molar-refractivity contribution >= 4 is 12.0 Å². The van der Waals surface area contributed by atoms with Crippen LogP contribution in [0.25, 0.3) is 5.70 Å². The summed E-state index contributed by atoms with van der Waals surface area (Å²) in [4.78, 5) is 14.1. The van der Waals surface area contributed by atoms with E-state index < -0.39 is 5.95 Å². The highest BCUT2D eigenvalue weighted by molar-refractivity contribution is 5.74. The van der Waals surface area contributed by atoms with Crippen LogP contribution in [0.4, 0.5) is 4.39 Å². The molecule has 1 aromatic carbocycles. The van der Waals surface area contributed by atoms with Crippen molar-refractivity contribution in [2.45, 2.75) is 6.42 Å². The van der Waals surface area contributed by atoms with Crippen LogP contribution in [-0.2, 0) is 6.42 Å². The Bertz CT molecular complexity index is 591. The molecule has 0 aliphatic rings. The van der Waals surface area contributed by atoms with Gasteiger partial charge in [0.2, 0.25) is 5.95 Å². The number of carbonyl (C=O) groups excluding carboxylic acids is 1. The van der Waals surface area contributed by atoms with Crippen LogP contribution in [0, 0.1) is 5.95 Å². The molecule has 102 valence electrons. The highest BCUT2D eigenvalue weighted by Crippen LogP contribution is 2.08. The van der Waals surface area contributed by atoms with Gasteiger partial charge in [0.25, 0.3) is 0 Å². The first-order valence-electron chi connectivity index (χ1n) is 6.28. The molecular formula is C16H15FN2O. The zero-order chi connectivity index (χ0) is 14.4. The van der Waals surface area contributed by atoms with E-state index in [1.165, 1.54) is 12.3 Å². The molecule has 0 bridgehead atoms. The monoisotopic (exact) mass is 270 g/mol. The maximum absolute atomic E-state index is 12.7. The van der Waals surface area contributed by atoms with Crippen LogP contribution in [0.2, 0.25) is 0 Å². The van der Waals surface area contributed by atoms with E-state index in [1.807, 2.05) is 12.1 Å². The van der Waals surface area contributed by atoms with Crippen LogP contribution in [0.15, 0.2) is 49.2 Å². The second-order valence-corrected chi connectivity index (χ2v) is 4.38. The molecule has 0 aliphatic heterocycles. The molecule has 0 unspecified atom stereocenters. The summed E-state index contributed by atoms with van der Waals surface area (Å²) in [6.45, 7) is 4.60. The SMILES string of the molecule is C=C(NCCc1ccc(C=O)cc1)c1ccc(F)nc1. The molecular weight excluding hydrogens is 255 g/mol. The third-order valence-electron chi connectivity index (χ3n) is 2.94. The molecule has 2 rings (SSSR count). The summed E-state index contributed by atoms with van der Waals surface area (Å²) >= 11 is 0. The van der Waals surface area contributed by atoms with Gasteiger partial charge in [0.05, 0.1) is 0 Å². The Morgan fingerprint density at radius 2 is 2.00 bits per heavy atom. The first-order valence-corrected chi connectivity index (χ1v) is 6.28. The van der Waals surface area contributed by atoms with E-state index in [-0.39, 0.29) is 0 Å². The van der Waals surface area contributed by atoms with Crippen molar-refractivity contribution in [1.82, 2.24) is 10.3 Å². The van der Waals surface area contributed by atoms with Gasteiger partial charge in [-0.05, 0) is 24.1 Å². The maximum Gasteiger partial charge on any atom is 0.212 e. The Morgan fingerprint density at radius 1 is 1.25 bits per heavy atom. The van der Waals surface area contributed by atoms with Gasteiger partial charge >= 0.3 is 0 Å². The van der Waals surface area contributed by atoms with E-state index in [2.05, 4.69) is 16.9 Å². The van der Waals surface area contributed by atoms with Crippen LogP contribution < -0.4 is 5.32 Å². The average molecular weight is 270 g/mol. The van der Waals surface area contributed by atoms with E-state index in [0.717, 1.165) is 23.8 Å². The predicted molar refractivity (Wildman–Crippen MR) is 76.8 cm³/mol. The van der Waals surface area contributed by atoms with E-state index in [1.54, 1.807) is 18.2 Å². The smallest absolute Gasteiger partial charge is 0.212 e. The largest absolute Gasteiger partial charge is 0.385 e. The van der Waals surface area contributed by atoms with Gasteiger partial charge < -0.3 is 5.32 Å². The minimum atomic E-state index is -0.503. The Labute approximate surface area is 117 Å². The molecule has 0 atom stereocenters. The number of hydrogen-bond acceptors (Lipinski definition) is 3. The van der Waals surface area contributed by atoms with E-state index in [9.17, 15) is 9.18 Å². The van der Waals surface area contributed by atoms with Gasteiger partial charge in [0.1, 0.15) is 6.29 Å². The summed E-state index contributed by atoms with van der Waals surface area (Å²) in [6.07, 6.45) is 3.09. The summed E-state index contributed by atoms with van der Waals surface area (Å²) in [6, 6.07) is 10.4. The first-order chi connectivity index (χ1) is 9.69. The van der Waals surface area contributed by atoms with Crippen molar-refractivity contribution in [1.29, 1.82) is 0 Å². The van der Waals surface area contributed by atoms with Gasteiger partial charge in [0, 0.05) is 29.6 Å². The molecule has 0 radical (unpaired) electrons. The number of rotatable bonds is 6. The zero-order valence-corrected chi connectivity index (χ0v) is 11.0. The van der Waals surface area contributed by atoms with Gasteiger partial charge in [-0.3, -0.25) is 4.79 Å². The van der Waals surface area contributed by atoms with Gasteiger partial charge in [-0.15, -0.1) is 0 Å². The number of aromatic nitrogens is 1. The third-order valence-corrected chi connectivity index (χ3v) is 2.94. The molecule has 0 spiro atoms. The van der Waals surface area contributed by atoms with Crippen LogP contribution in [0.1, 0.15) is 21.5 Å². The maximum atomic E-state index is 12.7.